The van der Waals surface area contributed by atoms with Gasteiger partial charge in [0.2, 0.25) is 0 Å². The van der Waals surface area contributed by atoms with Crippen molar-refractivity contribution in [2.45, 2.75) is 6.42 Å². The van der Waals surface area contributed by atoms with Crippen LogP contribution in [0.5, 0.6) is 0 Å². The second-order valence-corrected chi connectivity index (χ2v) is 3.89. The molecule has 0 unspecified atom stereocenters. The molecule has 1 saturated heterocycles. The van der Waals surface area contributed by atoms with Crippen LogP contribution in [0.3, 0.4) is 0 Å². The molecule has 17 heavy (non-hydrogen) atoms. The van der Waals surface area contributed by atoms with Crippen molar-refractivity contribution < 1.29 is 19.0 Å². The highest BCUT2D eigenvalue weighted by molar-refractivity contribution is 5.94. The van der Waals surface area contributed by atoms with Gasteiger partial charge in [0.15, 0.2) is 0 Å². The van der Waals surface area contributed by atoms with E-state index in [4.69, 9.17) is 9.84 Å². The Morgan fingerprint density at radius 1 is 1.35 bits per heavy atom. The zero-order chi connectivity index (χ0) is 12.3. The fourth-order valence-electron chi connectivity index (χ4n) is 1.97. The van der Waals surface area contributed by atoms with E-state index in [-0.39, 0.29) is 5.56 Å². The molecule has 5 heteroatoms. The van der Waals surface area contributed by atoms with Crippen LogP contribution in [0.2, 0.25) is 0 Å². The van der Waals surface area contributed by atoms with E-state index in [0.717, 1.165) is 6.42 Å². The molecule has 1 aromatic carbocycles. The minimum Gasteiger partial charge on any atom is -0.478 e. The highest BCUT2D eigenvalue weighted by atomic mass is 19.1. The van der Waals surface area contributed by atoms with E-state index in [1.54, 1.807) is 6.07 Å². The molecule has 0 bridgehead atoms. The van der Waals surface area contributed by atoms with Gasteiger partial charge in [-0.05, 0) is 18.6 Å². The van der Waals surface area contributed by atoms with Crippen LogP contribution >= 0.6 is 0 Å². The lowest BCUT2D eigenvalue weighted by atomic mass is 10.1. The maximum Gasteiger partial charge on any atom is 0.340 e. The average Bonchev–Trinajstić information content (AvgIpc) is 2.56. The van der Waals surface area contributed by atoms with E-state index in [1.165, 1.54) is 12.1 Å². The third-order valence-corrected chi connectivity index (χ3v) is 2.77. The number of hydrogen-bond acceptors (Lipinski definition) is 3. The van der Waals surface area contributed by atoms with Gasteiger partial charge in [-0.1, -0.05) is 6.07 Å². The molecular weight excluding hydrogens is 225 g/mol. The van der Waals surface area contributed by atoms with Crippen LogP contribution < -0.4 is 4.90 Å². The third-order valence-electron chi connectivity index (χ3n) is 2.77. The van der Waals surface area contributed by atoms with Crippen LogP contribution in [0.1, 0.15) is 16.8 Å². The first kappa shape index (κ1) is 11.9. The second kappa shape index (κ2) is 5.14. The fourth-order valence-corrected chi connectivity index (χ4v) is 1.97. The third kappa shape index (κ3) is 2.55. The van der Waals surface area contributed by atoms with E-state index >= 15 is 0 Å². The number of aromatic carboxylic acids is 1. The standard InChI is InChI=1S/C12H14FNO3/c13-9-3-1-4-10(11(9)12(15)16)14-5-2-7-17-8-6-14/h1,3-4H,2,5-8H2,(H,15,16). The van der Waals surface area contributed by atoms with Gasteiger partial charge in [-0.25, -0.2) is 9.18 Å². The molecule has 0 aromatic heterocycles. The normalized spacial score (nSPS) is 16.6. The summed E-state index contributed by atoms with van der Waals surface area (Å²) in [6.45, 7) is 2.47. The summed E-state index contributed by atoms with van der Waals surface area (Å²) >= 11 is 0. The molecule has 2 rings (SSSR count). The summed E-state index contributed by atoms with van der Waals surface area (Å²) in [5, 5.41) is 9.05. The van der Waals surface area contributed by atoms with E-state index in [0.29, 0.717) is 32.0 Å². The van der Waals surface area contributed by atoms with Gasteiger partial charge >= 0.3 is 5.97 Å². The molecule has 0 amide bonds. The number of halogens is 1. The predicted molar refractivity (Wildman–Crippen MR) is 61.0 cm³/mol. The maximum atomic E-state index is 13.5. The van der Waals surface area contributed by atoms with Crippen molar-refractivity contribution in [3.8, 4) is 0 Å². The van der Waals surface area contributed by atoms with Gasteiger partial charge in [0.1, 0.15) is 11.4 Å². The van der Waals surface area contributed by atoms with Crippen molar-refractivity contribution in [1.29, 1.82) is 0 Å². The first-order valence-electron chi connectivity index (χ1n) is 5.54. The SMILES string of the molecule is O=C(O)c1c(F)cccc1N1CCCOCC1. The van der Waals surface area contributed by atoms with Crippen molar-refractivity contribution in [1.82, 2.24) is 0 Å². The van der Waals surface area contributed by atoms with E-state index in [1.807, 2.05) is 4.90 Å². The van der Waals surface area contributed by atoms with Gasteiger partial charge in [-0.2, -0.15) is 0 Å². The molecule has 0 saturated carbocycles. The van der Waals surface area contributed by atoms with Crippen molar-refractivity contribution in [3.05, 3.63) is 29.6 Å². The minimum absolute atomic E-state index is 0.255. The Hall–Kier alpha value is -1.62. The molecule has 4 nitrogen and oxygen atoms in total. The quantitative estimate of drug-likeness (QED) is 0.854. The fraction of sp³-hybridized carbons (Fsp3) is 0.417. The van der Waals surface area contributed by atoms with Gasteiger partial charge in [0.25, 0.3) is 0 Å². The topological polar surface area (TPSA) is 49.8 Å². The highest BCUT2D eigenvalue weighted by Crippen LogP contribution is 2.24. The Morgan fingerprint density at radius 2 is 2.18 bits per heavy atom. The summed E-state index contributed by atoms with van der Waals surface area (Å²) in [7, 11) is 0. The first-order valence-corrected chi connectivity index (χ1v) is 5.54. The summed E-state index contributed by atoms with van der Waals surface area (Å²) < 4.78 is 18.8. The average molecular weight is 239 g/mol. The Bertz CT molecular complexity index is 414. The summed E-state index contributed by atoms with van der Waals surface area (Å²) in [5.74, 6) is -1.93. The van der Waals surface area contributed by atoms with Crippen LogP contribution in [0.4, 0.5) is 10.1 Å². The lowest BCUT2D eigenvalue weighted by molar-refractivity contribution is 0.0692. The zero-order valence-corrected chi connectivity index (χ0v) is 9.36. The van der Waals surface area contributed by atoms with Crippen molar-refractivity contribution in [2.24, 2.45) is 0 Å². The Labute approximate surface area is 98.6 Å². The number of ether oxygens (including phenoxy) is 1. The Balaban J connectivity index is 2.36. The van der Waals surface area contributed by atoms with Crippen LogP contribution in [0.25, 0.3) is 0 Å². The molecule has 1 aromatic rings. The Kier molecular flexibility index (Phi) is 3.58. The Morgan fingerprint density at radius 3 is 2.94 bits per heavy atom. The summed E-state index contributed by atoms with van der Waals surface area (Å²) in [6.07, 6.45) is 0.815. The molecule has 1 aliphatic heterocycles. The number of rotatable bonds is 2. The van der Waals surface area contributed by atoms with E-state index in [2.05, 4.69) is 0 Å². The lowest BCUT2D eigenvalue weighted by Crippen LogP contribution is -2.28. The summed E-state index contributed by atoms with van der Waals surface area (Å²) in [6, 6.07) is 4.34. The van der Waals surface area contributed by atoms with Gasteiger partial charge < -0.3 is 14.7 Å². The van der Waals surface area contributed by atoms with Crippen molar-refractivity contribution >= 4 is 11.7 Å². The van der Waals surface area contributed by atoms with E-state index < -0.39 is 11.8 Å². The van der Waals surface area contributed by atoms with E-state index in [9.17, 15) is 9.18 Å². The monoisotopic (exact) mass is 239 g/mol. The molecule has 0 spiro atoms. The number of carboxylic acid groups (broad SMARTS) is 1. The zero-order valence-electron chi connectivity index (χ0n) is 9.36. The summed E-state index contributed by atoms with van der Waals surface area (Å²) in [5.41, 5.74) is 0.178. The lowest BCUT2D eigenvalue weighted by Gasteiger charge is -2.23. The number of benzene rings is 1. The number of nitrogens with zero attached hydrogens (tertiary/aromatic N) is 1. The molecule has 0 atom stereocenters. The summed E-state index contributed by atoms with van der Waals surface area (Å²) in [4.78, 5) is 12.9. The van der Waals surface area contributed by atoms with Crippen LogP contribution in [0.15, 0.2) is 18.2 Å². The number of hydrogen-bond donors (Lipinski definition) is 1. The second-order valence-electron chi connectivity index (χ2n) is 3.89. The van der Waals surface area contributed by atoms with Crippen molar-refractivity contribution in [2.75, 3.05) is 31.2 Å². The van der Waals surface area contributed by atoms with Crippen LogP contribution in [-0.2, 0) is 4.74 Å². The van der Waals surface area contributed by atoms with Gasteiger partial charge in [-0.15, -0.1) is 0 Å². The molecular formula is C12H14FNO3. The largest absolute Gasteiger partial charge is 0.478 e. The van der Waals surface area contributed by atoms with Gasteiger partial charge in [0.05, 0.1) is 12.3 Å². The molecule has 1 N–H and O–H groups in total. The van der Waals surface area contributed by atoms with Crippen LogP contribution in [0, 0.1) is 5.82 Å². The number of anilines is 1. The molecule has 0 radical (unpaired) electrons. The predicted octanol–water partition coefficient (Wildman–Crippen LogP) is 1.75. The van der Waals surface area contributed by atoms with Crippen molar-refractivity contribution in [3.63, 3.8) is 0 Å². The van der Waals surface area contributed by atoms with Gasteiger partial charge in [0, 0.05) is 19.7 Å². The molecule has 1 aliphatic rings. The number of carboxylic acids is 1. The molecule has 0 aliphatic carbocycles. The highest BCUT2D eigenvalue weighted by Gasteiger charge is 2.20. The molecule has 1 heterocycles. The maximum absolute atomic E-state index is 13.5. The minimum atomic E-state index is -1.23. The molecule has 92 valence electrons. The molecule has 1 fully saturated rings. The van der Waals surface area contributed by atoms with Crippen LogP contribution in [-0.4, -0.2) is 37.4 Å². The smallest absolute Gasteiger partial charge is 0.340 e. The van der Waals surface area contributed by atoms with Gasteiger partial charge in [-0.3, -0.25) is 0 Å². The first-order chi connectivity index (χ1) is 8.20. The number of carbonyl (C=O) groups is 1.